The molecule has 2 N–H and O–H groups in total. The van der Waals surface area contributed by atoms with Crippen LogP contribution in [0.15, 0.2) is 54.9 Å². The number of hydrogen-bond donors (Lipinski definition) is 2. The number of aromatic nitrogens is 4. The van der Waals surface area contributed by atoms with E-state index in [0.29, 0.717) is 22.3 Å². The Morgan fingerprint density at radius 2 is 1.71 bits per heavy atom. The van der Waals surface area contributed by atoms with E-state index in [2.05, 4.69) is 20.4 Å². The number of amides is 1. The molecule has 0 bridgehead atoms. The number of nitrogens with zero attached hydrogens (tertiary/aromatic N) is 4. The van der Waals surface area contributed by atoms with Gasteiger partial charge in [0.15, 0.2) is 5.78 Å². The predicted molar refractivity (Wildman–Crippen MR) is 125 cm³/mol. The maximum absolute atomic E-state index is 12.7. The number of Topliss-reactive ketones (excluding diaryl/α,β-unsaturated/α-hetero) is 1. The molecule has 172 valence electrons. The lowest BCUT2D eigenvalue weighted by atomic mass is 10.0. The van der Waals surface area contributed by atoms with Gasteiger partial charge < -0.3 is 10.4 Å². The molecule has 4 aromatic rings. The standard InChI is InChI=1S/C25H23N5O4/c1-15(31)25-21-9-18(20-12-26-16(2)27-13-20)7-8-22(21)30(29-25)14-23(32)28-11-19-6-4-3-5-17(19)10-24(33)34/h3-9,12-13H,10-11,14H2,1-2H3,(H,28,32)(H,33,34). The molecule has 9 heteroatoms. The maximum Gasteiger partial charge on any atom is 0.307 e. The zero-order chi connectivity index (χ0) is 24.2. The van der Waals surface area contributed by atoms with E-state index in [4.69, 9.17) is 5.11 Å². The first-order chi connectivity index (χ1) is 16.3. The molecule has 0 spiro atoms. The third-order valence-electron chi connectivity index (χ3n) is 5.43. The minimum Gasteiger partial charge on any atom is -0.481 e. The molecule has 0 fully saturated rings. The summed E-state index contributed by atoms with van der Waals surface area (Å²) < 4.78 is 1.50. The third-order valence-corrected chi connectivity index (χ3v) is 5.43. The molecular formula is C25H23N5O4. The topological polar surface area (TPSA) is 127 Å². The van der Waals surface area contributed by atoms with Gasteiger partial charge in [-0.1, -0.05) is 30.3 Å². The molecule has 0 aliphatic heterocycles. The van der Waals surface area contributed by atoms with Gasteiger partial charge in [-0.05, 0) is 35.7 Å². The normalized spacial score (nSPS) is 10.9. The van der Waals surface area contributed by atoms with Gasteiger partial charge in [-0.2, -0.15) is 5.10 Å². The summed E-state index contributed by atoms with van der Waals surface area (Å²) in [6, 6.07) is 12.6. The van der Waals surface area contributed by atoms with Crippen LogP contribution in [-0.4, -0.2) is 42.5 Å². The molecule has 2 heterocycles. The summed E-state index contributed by atoms with van der Waals surface area (Å²) in [7, 11) is 0. The van der Waals surface area contributed by atoms with Crippen LogP contribution in [0.2, 0.25) is 0 Å². The summed E-state index contributed by atoms with van der Waals surface area (Å²) in [6.07, 6.45) is 3.32. The molecule has 2 aromatic heterocycles. The van der Waals surface area contributed by atoms with Crippen molar-refractivity contribution in [3.63, 3.8) is 0 Å². The Balaban J connectivity index is 1.56. The highest BCUT2D eigenvalue weighted by Crippen LogP contribution is 2.26. The van der Waals surface area contributed by atoms with Gasteiger partial charge >= 0.3 is 5.97 Å². The van der Waals surface area contributed by atoms with Gasteiger partial charge in [-0.15, -0.1) is 0 Å². The van der Waals surface area contributed by atoms with Crippen LogP contribution in [0, 0.1) is 6.92 Å². The molecule has 9 nitrogen and oxygen atoms in total. The first-order valence-corrected chi connectivity index (χ1v) is 10.7. The number of carbonyl (C=O) groups is 3. The van der Waals surface area contributed by atoms with Gasteiger partial charge in [0.05, 0.1) is 11.9 Å². The Kier molecular flexibility index (Phi) is 6.44. The number of aryl methyl sites for hydroxylation is 1. The lowest BCUT2D eigenvalue weighted by Crippen LogP contribution is -2.28. The minimum absolute atomic E-state index is 0.0854. The zero-order valence-corrected chi connectivity index (χ0v) is 18.8. The summed E-state index contributed by atoms with van der Waals surface area (Å²) in [4.78, 5) is 44.4. The number of hydrogen-bond acceptors (Lipinski definition) is 6. The van der Waals surface area contributed by atoms with Crippen LogP contribution in [0.25, 0.3) is 22.0 Å². The van der Waals surface area contributed by atoms with Crippen LogP contribution in [0.5, 0.6) is 0 Å². The van der Waals surface area contributed by atoms with E-state index >= 15 is 0 Å². The Hall–Kier alpha value is -4.40. The SMILES string of the molecule is CC(=O)c1nn(CC(=O)NCc2ccccc2CC(=O)O)c2ccc(-c3cnc(C)nc3)cc12. The molecule has 0 saturated carbocycles. The fourth-order valence-corrected chi connectivity index (χ4v) is 3.73. The van der Waals surface area contributed by atoms with Crippen molar-refractivity contribution in [2.45, 2.75) is 33.4 Å². The zero-order valence-electron chi connectivity index (χ0n) is 18.8. The number of carboxylic acids is 1. The number of nitrogens with one attached hydrogen (secondary N) is 1. The Morgan fingerprint density at radius 1 is 1.00 bits per heavy atom. The second kappa shape index (κ2) is 9.62. The Morgan fingerprint density at radius 3 is 2.38 bits per heavy atom. The van der Waals surface area contributed by atoms with Crippen LogP contribution >= 0.6 is 0 Å². The molecule has 4 rings (SSSR count). The molecular weight excluding hydrogens is 434 g/mol. The van der Waals surface area contributed by atoms with Crippen molar-refractivity contribution < 1.29 is 19.5 Å². The quantitative estimate of drug-likeness (QED) is 0.390. The lowest BCUT2D eigenvalue weighted by Gasteiger charge is -2.10. The number of ketones is 1. The second-order valence-electron chi connectivity index (χ2n) is 7.93. The maximum atomic E-state index is 12.7. The van der Waals surface area contributed by atoms with Crippen molar-refractivity contribution in [1.82, 2.24) is 25.1 Å². The minimum atomic E-state index is -0.935. The highest BCUT2D eigenvalue weighted by atomic mass is 16.4. The van der Waals surface area contributed by atoms with Crippen molar-refractivity contribution >= 4 is 28.6 Å². The predicted octanol–water partition coefficient (Wildman–Crippen LogP) is 2.95. The molecule has 0 unspecified atom stereocenters. The van der Waals surface area contributed by atoms with Gasteiger partial charge in [0.25, 0.3) is 0 Å². The molecule has 0 aliphatic rings. The average molecular weight is 457 g/mol. The van der Waals surface area contributed by atoms with Crippen LogP contribution in [-0.2, 0) is 29.1 Å². The fraction of sp³-hybridized carbons (Fsp3) is 0.200. The second-order valence-corrected chi connectivity index (χ2v) is 7.93. The van der Waals surface area contributed by atoms with Crippen molar-refractivity contribution in [2.75, 3.05) is 0 Å². The summed E-state index contributed by atoms with van der Waals surface area (Å²) in [5.41, 5.74) is 3.97. The monoisotopic (exact) mass is 457 g/mol. The molecule has 0 saturated heterocycles. The van der Waals surface area contributed by atoms with Crippen LogP contribution in [0.3, 0.4) is 0 Å². The number of carbonyl (C=O) groups excluding carboxylic acids is 2. The average Bonchev–Trinajstić information content (AvgIpc) is 3.16. The number of aliphatic carboxylic acids is 1. The Labute approximate surface area is 195 Å². The van der Waals surface area contributed by atoms with Crippen molar-refractivity contribution in [2.24, 2.45) is 0 Å². The number of fused-ring (bicyclic) bond motifs is 1. The smallest absolute Gasteiger partial charge is 0.307 e. The van der Waals surface area contributed by atoms with E-state index in [0.717, 1.165) is 16.7 Å². The fourth-order valence-electron chi connectivity index (χ4n) is 3.73. The van der Waals surface area contributed by atoms with Gasteiger partial charge in [0.1, 0.15) is 18.1 Å². The number of carboxylic acid groups (broad SMARTS) is 1. The van der Waals surface area contributed by atoms with Crippen molar-refractivity contribution in [3.05, 3.63) is 77.5 Å². The summed E-state index contributed by atoms with van der Waals surface area (Å²) in [6.45, 7) is 3.35. The lowest BCUT2D eigenvalue weighted by molar-refractivity contribution is -0.136. The van der Waals surface area contributed by atoms with Gasteiger partial charge in [0, 0.05) is 36.8 Å². The van der Waals surface area contributed by atoms with E-state index in [-0.39, 0.29) is 36.9 Å². The number of benzene rings is 2. The highest BCUT2D eigenvalue weighted by Gasteiger charge is 2.17. The van der Waals surface area contributed by atoms with Gasteiger partial charge in [0.2, 0.25) is 5.91 Å². The molecule has 0 aliphatic carbocycles. The molecule has 34 heavy (non-hydrogen) atoms. The molecule has 0 atom stereocenters. The van der Waals surface area contributed by atoms with E-state index < -0.39 is 5.97 Å². The van der Waals surface area contributed by atoms with E-state index in [1.165, 1.54) is 11.6 Å². The first kappa shape index (κ1) is 22.8. The van der Waals surface area contributed by atoms with E-state index in [9.17, 15) is 14.4 Å². The molecule has 1 amide bonds. The molecule has 0 radical (unpaired) electrons. The van der Waals surface area contributed by atoms with Crippen LogP contribution in [0.4, 0.5) is 0 Å². The summed E-state index contributed by atoms with van der Waals surface area (Å²) in [5.74, 6) is -0.779. The van der Waals surface area contributed by atoms with Gasteiger partial charge in [-0.3, -0.25) is 19.1 Å². The van der Waals surface area contributed by atoms with Crippen molar-refractivity contribution in [1.29, 1.82) is 0 Å². The van der Waals surface area contributed by atoms with E-state index in [1.54, 1.807) is 43.6 Å². The summed E-state index contributed by atoms with van der Waals surface area (Å²) in [5, 5.41) is 16.9. The van der Waals surface area contributed by atoms with Crippen LogP contribution < -0.4 is 5.32 Å². The first-order valence-electron chi connectivity index (χ1n) is 10.7. The third kappa shape index (κ3) is 4.98. The largest absolute Gasteiger partial charge is 0.481 e. The Bertz CT molecular complexity index is 1390. The van der Waals surface area contributed by atoms with Crippen LogP contribution in [0.1, 0.15) is 34.4 Å². The number of rotatable bonds is 8. The van der Waals surface area contributed by atoms with E-state index in [1.807, 2.05) is 18.2 Å². The highest BCUT2D eigenvalue weighted by molar-refractivity contribution is 6.06. The van der Waals surface area contributed by atoms with Gasteiger partial charge in [-0.25, -0.2) is 9.97 Å². The summed E-state index contributed by atoms with van der Waals surface area (Å²) >= 11 is 0. The molecule has 2 aromatic carbocycles. The van der Waals surface area contributed by atoms with Crippen molar-refractivity contribution in [3.8, 4) is 11.1 Å².